The van der Waals surface area contributed by atoms with Crippen LogP contribution in [0, 0.1) is 13.8 Å². The maximum Gasteiger partial charge on any atom is 0.0239 e. The lowest BCUT2D eigenvalue weighted by Crippen LogP contribution is -2.03. The Morgan fingerprint density at radius 3 is 2.62 bits per heavy atom. The first-order chi connectivity index (χ1) is 6.07. The molecular formula is C11H14BrN. The van der Waals surface area contributed by atoms with Gasteiger partial charge < -0.3 is 5.73 Å². The third-order valence-electron chi connectivity index (χ3n) is 2.21. The molecule has 0 bridgehead atoms. The largest absolute Gasteiger partial charge is 0.326 e. The van der Waals surface area contributed by atoms with Gasteiger partial charge in [0.1, 0.15) is 0 Å². The lowest BCUT2D eigenvalue weighted by molar-refractivity contribution is 1.24. The van der Waals surface area contributed by atoms with E-state index < -0.39 is 0 Å². The van der Waals surface area contributed by atoms with Crippen molar-refractivity contribution in [1.82, 2.24) is 0 Å². The molecule has 0 unspecified atom stereocenters. The van der Waals surface area contributed by atoms with E-state index in [1.54, 1.807) is 0 Å². The second kappa shape index (κ2) is 4.07. The molecule has 70 valence electrons. The maximum atomic E-state index is 5.55. The van der Waals surface area contributed by atoms with Crippen molar-refractivity contribution < 1.29 is 0 Å². The van der Waals surface area contributed by atoms with Gasteiger partial charge in [0, 0.05) is 11.0 Å². The summed E-state index contributed by atoms with van der Waals surface area (Å²) in [4.78, 5) is 0. The van der Waals surface area contributed by atoms with E-state index >= 15 is 0 Å². The Hall–Kier alpha value is -0.600. The fourth-order valence-corrected chi connectivity index (χ4v) is 1.66. The van der Waals surface area contributed by atoms with Crippen LogP contribution in [0.4, 0.5) is 0 Å². The highest BCUT2D eigenvalue weighted by molar-refractivity contribution is 9.10. The van der Waals surface area contributed by atoms with Gasteiger partial charge in [0.15, 0.2) is 0 Å². The minimum absolute atomic E-state index is 0.510. The molecule has 0 spiro atoms. The van der Waals surface area contributed by atoms with E-state index in [1.165, 1.54) is 11.1 Å². The van der Waals surface area contributed by atoms with E-state index in [2.05, 4.69) is 48.5 Å². The van der Waals surface area contributed by atoms with Gasteiger partial charge in [-0.1, -0.05) is 34.6 Å². The highest BCUT2D eigenvalue weighted by atomic mass is 79.9. The molecule has 1 rings (SSSR count). The van der Waals surface area contributed by atoms with Gasteiger partial charge in [-0.3, -0.25) is 0 Å². The van der Waals surface area contributed by atoms with Crippen LogP contribution in [0.1, 0.15) is 16.7 Å². The van der Waals surface area contributed by atoms with Crippen LogP contribution in [0.5, 0.6) is 0 Å². The monoisotopic (exact) mass is 239 g/mol. The average Bonchev–Trinajstić information content (AvgIpc) is 2.13. The highest BCUT2D eigenvalue weighted by Gasteiger charge is 2.06. The first kappa shape index (κ1) is 10.5. The average molecular weight is 240 g/mol. The summed E-state index contributed by atoms with van der Waals surface area (Å²) in [6.07, 6.45) is 0. The lowest BCUT2D eigenvalue weighted by Gasteiger charge is -2.10. The zero-order chi connectivity index (χ0) is 10.0. The Labute approximate surface area is 87.8 Å². The fraction of sp³-hybridized carbons (Fsp3) is 0.273. The van der Waals surface area contributed by atoms with E-state index in [0.717, 1.165) is 15.6 Å². The summed E-state index contributed by atoms with van der Waals surface area (Å²) in [5.41, 5.74) is 10.1. The zero-order valence-electron chi connectivity index (χ0n) is 8.02. The topological polar surface area (TPSA) is 26.0 Å². The second-order valence-electron chi connectivity index (χ2n) is 3.18. The van der Waals surface area contributed by atoms with Gasteiger partial charge in [-0.2, -0.15) is 0 Å². The minimum Gasteiger partial charge on any atom is -0.326 e. The summed E-state index contributed by atoms with van der Waals surface area (Å²) in [7, 11) is 0. The first-order valence-electron chi connectivity index (χ1n) is 4.22. The van der Waals surface area contributed by atoms with Crippen molar-refractivity contribution in [2.24, 2.45) is 5.73 Å². The summed E-state index contributed by atoms with van der Waals surface area (Å²) in [5, 5.41) is 0. The Morgan fingerprint density at radius 2 is 2.08 bits per heavy atom. The van der Waals surface area contributed by atoms with E-state index in [-0.39, 0.29) is 0 Å². The number of aryl methyl sites for hydroxylation is 1. The standard InChI is InChI=1S/C11H14BrN/c1-7-4-5-10(8(2)6-13)9(3)11(7)12/h4-5H,2,6,13H2,1,3H3. The van der Waals surface area contributed by atoms with Crippen molar-refractivity contribution in [3.8, 4) is 0 Å². The van der Waals surface area contributed by atoms with Crippen LogP contribution in [-0.2, 0) is 0 Å². The van der Waals surface area contributed by atoms with Crippen molar-refractivity contribution in [2.45, 2.75) is 13.8 Å². The van der Waals surface area contributed by atoms with E-state index in [0.29, 0.717) is 6.54 Å². The molecule has 13 heavy (non-hydrogen) atoms. The van der Waals surface area contributed by atoms with Crippen LogP contribution in [0.2, 0.25) is 0 Å². The maximum absolute atomic E-state index is 5.55. The number of benzene rings is 1. The third-order valence-corrected chi connectivity index (χ3v) is 3.43. The van der Waals surface area contributed by atoms with Crippen LogP contribution in [-0.4, -0.2) is 6.54 Å². The SMILES string of the molecule is C=C(CN)c1ccc(C)c(Br)c1C. The molecular weight excluding hydrogens is 226 g/mol. The normalized spacial score (nSPS) is 10.2. The van der Waals surface area contributed by atoms with Crippen LogP contribution in [0.3, 0.4) is 0 Å². The Balaban J connectivity index is 3.26. The van der Waals surface area contributed by atoms with E-state index in [4.69, 9.17) is 5.73 Å². The quantitative estimate of drug-likeness (QED) is 0.844. The number of halogens is 1. The molecule has 0 atom stereocenters. The molecule has 0 saturated carbocycles. The predicted molar refractivity (Wildman–Crippen MR) is 61.7 cm³/mol. The van der Waals surface area contributed by atoms with Gasteiger partial charge in [-0.05, 0) is 36.1 Å². The molecule has 2 heteroatoms. The van der Waals surface area contributed by atoms with Gasteiger partial charge in [-0.25, -0.2) is 0 Å². The highest BCUT2D eigenvalue weighted by Crippen LogP contribution is 2.27. The van der Waals surface area contributed by atoms with Gasteiger partial charge in [0.05, 0.1) is 0 Å². The minimum atomic E-state index is 0.510. The number of rotatable bonds is 2. The molecule has 0 aliphatic heterocycles. The first-order valence-corrected chi connectivity index (χ1v) is 5.01. The molecule has 0 aromatic heterocycles. The van der Waals surface area contributed by atoms with E-state index in [1.807, 2.05) is 0 Å². The fourth-order valence-electron chi connectivity index (χ4n) is 1.31. The van der Waals surface area contributed by atoms with Gasteiger partial charge in [-0.15, -0.1) is 0 Å². The Morgan fingerprint density at radius 1 is 1.46 bits per heavy atom. The molecule has 0 aliphatic rings. The van der Waals surface area contributed by atoms with Crippen molar-refractivity contribution in [1.29, 1.82) is 0 Å². The van der Waals surface area contributed by atoms with Crippen molar-refractivity contribution in [3.05, 3.63) is 39.9 Å². The predicted octanol–water partition coefficient (Wildman–Crippen LogP) is 3.04. The van der Waals surface area contributed by atoms with Crippen LogP contribution < -0.4 is 5.73 Å². The smallest absolute Gasteiger partial charge is 0.0239 e. The van der Waals surface area contributed by atoms with Crippen molar-refractivity contribution in [2.75, 3.05) is 6.54 Å². The molecule has 0 amide bonds. The number of nitrogens with two attached hydrogens (primary N) is 1. The Bertz CT molecular complexity index is 342. The molecule has 0 heterocycles. The number of hydrogen-bond acceptors (Lipinski definition) is 1. The van der Waals surface area contributed by atoms with Crippen molar-refractivity contribution >= 4 is 21.5 Å². The summed E-state index contributed by atoms with van der Waals surface area (Å²) < 4.78 is 1.15. The van der Waals surface area contributed by atoms with Crippen molar-refractivity contribution in [3.63, 3.8) is 0 Å². The van der Waals surface area contributed by atoms with Crippen LogP contribution >= 0.6 is 15.9 Å². The molecule has 0 fully saturated rings. The van der Waals surface area contributed by atoms with Gasteiger partial charge in [0.25, 0.3) is 0 Å². The van der Waals surface area contributed by atoms with Gasteiger partial charge in [0.2, 0.25) is 0 Å². The van der Waals surface area contributed by atoms with Gasteiger partial charge >= 0.3 is 0 Å². The molecule has 1 nitrogen and oxygen atoms in total. The zero-order valence-corrected chi connectivity index (χ0v) is 9.61. The van der Waals surface area contributed by atoms with Crippen LogP contribution in [0.25, 0.3) is 5.57 Å². The molecule has 0 saturated heterocycles. The molecule has 0 aliphatic carbocycles. The molecule has 1 aromatic carbocycles. The number of hydrogen-bond donors (Lipinski definition) is 1. The van der Waals surface area contributed by atoms with E-state index in [9.17, 15) is 0 Å². The molecule has 0 radical (unpaired) electrons. The molecule has 1 aromatic rings. The Kier molecular flexibility index (Phi) is 3.28. The lowest BCUT2D eigenvalue weighted by atomic mass is 10.00. The molecule has 2 N–H and O–H groups in total. The third kappa shape index (κ3) is 2.01. The summed E-state index contributed by atoms with van der Waals surface area (Å²) in [6.45, 7) is 8.59. The summed E-state index contributed by atoms with van der Waals surface area (Å²) in [5.74, 6) is 0. The van der Waals surface area contributed by atoms with Crippen LogP contribution in [0.15, 0.2) is 23.2 Å². The summed E-state index contributed by atoms with van der Waals surface area (Å²) >= 11 is 3.55. The summed E-state index contributed by atoms with van der Waals surface area (Å²) in [6, 6.07) is 4.15. The second-order valence-corrected chi connectivity index (χ2v) is 3.97.